The summed E-state index contributed by atoms with van der Waals surface area (Å²) in [6.45, 7) is 0.626. The highest BCUT2D eigenvalue weighted by molar-refractivity contribution is 5.75. The molecule has 0 radical (unpaired) electrons. The number of anilines is 2. The van der Waals surface area contributed by atoms with Gasteiger partial charge in [0.2, 0.25) is 0 Å². The van der Waals surface area contributed by atoms with Gasteiger partial charge in [0, 0.05) is 12.0 Å². The highest BCUT2D eigenvalue weighted by atomic mass is 16.6. The van der Waals surface area contributed by atoms with Gasteiger partial charge in [-0.3, -0.25) is 16.0 Å². The lowest BCUT2D eigenvalue weighted by molar-refractivity contribution is -0.383. The Bertz CT molecular complexity index is 460. The molecule has 0 unspecified atom stereocenters. The van der Waals surface area contributed by atoms with E-state index in [1.165, 1.54) is 0 Å². The molecule has 1 aliphatic carbocycles. The van der Waals surface area contributed by atoms with Crippen molar-refractivity contribution in [1.29, 1.82) is 0 Å². The van der Waals surface area contributed by atoms with Gasteiger partial charge in [0.15, 0.2) is 0 Å². The first-order valence-electron chi connectivity index (χ1n) is 5.71. The van der Waals surface area contributed by atoms with Gasteiger partial charge in [-0.2, -0.15) is 0 Å². The van der Waals surface area contributed by atoms with Crippen LogP contribution in [0.2, 0.25) is 0 Å². The standard InChI is InChI=1S/C11H16N4O3/c12-14-9-3-1-2-8(10(9)15(17)18)13-6-11(7-16)4-5-11/h1-3,13-14,16H,4-7,12H2. The maximum atomic E-state index is 11.0. The average molecular weight is 252 g/mol. The average Bonchev–Trinajstić information content (AvgIpc) is 3.16. The molecular weight excluding hydrogens is 236 g/mol. The molecule has 0 atom stereocenters. The largest absolute Gasteiger partial charge is 0.396 e. The second-order valence-corrected chi connectivity index (χ2v) is 4.61. The van der Waals surface area contributed by atoms with Crippen LogP contribution in [0.5, 0.6) is 0 Å². The summed E-state index contributed by atoms with van der Waals surface area (Å²) in [5, 5.41) is 23.3. The highest BCUT2D eigenvalue weighted by Crippen LogP contribution is 2.45. The second kappa shape index (κ2) is 4.79. The van der Waals surface area contributed by atoms with E-state index in [0.29, 0.717) is 12.2 Å². The van der Waals surface area contributed by atoms with E-state index in [4.69, 9.17) is 5.84 Å². The molecule has 0 aromatic heterocycles. The number of hydrazine groups is 1. The summed E-state index contributed by atoms with van der Waals surface area (Å²) in [4.78, 5) is 10.6. The molecule has 98 valence electrons. The minimum absolute atomic E-state index is 0.0752. The number of para-hydroxylation sites is 1. The first kappa shape index (κ1) is 12.6. The maximum absolute atomic E-state index is 11.0. The zero-order valence-electron chi connectivity index (χ0n) is 9.85. The van der Waals surface area contributed by atoms with Crippen LogP contribution in [-0.2, 0) is 0 Å². The van der Waals surface area contributed by atoms with Crippen molar-refractivity contribution >= 4 is 17.1 Å². The summed E-state index contributed by atoms with van der Waals surface area (Å²) in [7, 11) is 0. The number of rotatable bonds is 6. The monoisotopic (exact) mass is 252 g/mol. The van der Waals surface area contributed by atoms with Crippen molar-refractivity contribution in [3.05, 3.63) is 28.3 Å². The van der Waals surface area contributed by atoms with Crippen LogP contribution in [0.15, 0.2) is 18.2 Å². The summed E-state index contributed by atoms with van der Waals surface area (Å²) in [6.07, 6.45) is 1.89. The number of hydrogen-bond donors (Lipinski definition) is 4. The van der Waals surface area contributed by atoms with Crippen LogP contribution in [0, 0.1) is 15.5 Å². The fraction of sp³-hybridized carbons (Fsp3) is 0.455. The van der Waals surface area contributed by atoms with Crippen LogP contribution in [0.1, 0.15) is 12.8 Å². The number of nitrogens with two attached hydrogens (primary N) is 1. The second-order valence-electron chi connectivity index (χ2n) is 4.61. The Morgan fingerprint density at radius 3 is 2.61 bits per heavy atom. The minimum atomic E-state index is -0.476. The Kier molecular flexibility index (Phi) is 3.35. The number of benzene rings is 1. The van der Waals surface area contributed by atoms with Crippen LogP contribution < -0.4 is 16.6 Å². The Balaban J connectivity index is 2.19. The van der Waals surface area contributed by atoms with Crippen molar-refractivity contribution in [2.75, 3.05) is 23.9 Å². The van der Waals surface area contributed by atoms with Gasteiger partial charge < -0.3 is 15.8 Å². The van der Waals surface area contributed by atoms with Gasteiger partial charge in [0.25, 0.3) is 0 Å². The van der Waals surface area contributed by atoms with Crippen molar-refractivity contribution in [2.24, 2.45) is 11.3 Å². The Labute approximate surface area is 104 Å². The zero-order chi connectivity index (χ0) is 13.2. The third-order valence-electron chi connectivity index (χ3n) is 3.32. The molecule has 7 nitrogen and oxygen atoms in total. The highest BCUT2D eigenvalue weighted by Gasteiger charge is 2.42. The van der Waals surface area contributed by atoms with Gasteiger partial charge in [0.1, 0.15) is 11.4 Å². The fourth-order valence-corrected chi connectivity index (χ4v) is 1.85. The number of nitrogens with one attached hydrogen (secondary N) is 2. The van der Waals surface area contributed by atoms with Crippen LogP contribution >= 0.6 is 0 Å². The summed E-state index contributed by atoms with van der Waals surface area (Å²) in [5.74, 6) is 5.26. The van der Waals surface area contributed by atoms with Gasteiger partial charge in [-0.05, 0) is 25.0 Å². The van der Waals surface area contributed by atoms with Gasteiger partial charge >= 0.3 is 5.69 Å². The minimum Gasteiger partial charge on any atom is -0.396 e. The van der Waals surface area contributed by atoms with Crippen molar-refractivity contribution in [2.45, 2.75) is 12.8 Å². The molecule has 7 heteroatoms. The lowest BCUT2D eigenvalue weighted by Crippen LogP contribution is -2.20. The molecule has 5 N–H and O–H groups in total. The number of nitro groups is 1. The van der Waals surface area contributed by atoms with E-state index < -0.39 is 4.92 Å². The molecule has 1 aliphatic rings. The third kappa shape index (κ3) is 2.36. The maximum Gasteiger partial charge on any atom is 0.316 e. The van der Waals surface area contributed by atoms with Crippen molar-refractivity contribution in [3.63, 3.8) is 0 Å². The molecule has 0 heterocycles. The van der Waals surface area contributed by atoms with Gasteiger partial charge in [-0.25, -0.2) is 0 Å². The Morgan fingerprint density at radius 2 is 2.11 bits per heavy atom. The van der Waals surface area contributed by atoms with Crippen LogP contribution in [0.25, 0.3) is 0 Å². The van der Waals surface area contributed by atoms with Crippen molar-refractivity contribution in [1.82, 2.24) is 0 Å². The zero-order valence-corrected chi connectivity index (χ0v) is 9.85. The molecular formula is C11H16N4O3. The van der Waals surface area contributed by atoms with Crippen molar-refractivity contribution < 1.29 is 10.0 Å². The number of nitro benzene ring substituents is 1. The number of hydrogen-bond acceptors (Lipinski definition) is 6. The molecule has 0 bridgehead atoms. The smallest absolute Gasteiger partial charge is 0.316 e. The third-order valence-corrected chi connectivity index (χ3v) is 3.32. The van der Waals surface area contributed by atoms with E-state index in [2.05, 4.69) is 10.7 Å². The topological polar surface area (TPSA) is 113 Å². The van der Waals surface area contributed by atoms with E-state index in [-0.39, 0.29) is 23.4 Å². The summed E-state index contributed by atoms with van der Waals surface area (Å²) >= 11 is 0. The van der Waals surface area contributed by atoms with Gasteiger partial charge in [-0.1, -0.05) is 6.07 Å². The quantitative estimate of drug-likeness (QED) is 0.342. The van der Waals surface area contributed by atoms with E-state index in [0.717, 1.165) is 12.8 Å². The molecule has 2 rings (SSSR count). The van der Waals surface area contributed by atoms with Gasteiger partial charge in [0.05, 0.1) is 11.5 Å². The molecule has 0 amide bonds. The predicted molar refractivity (Wildman–Crippen MR) is 68.1 cm³/mol. The summed E-state index contributed by atoms with van der Waals surface area (Å²) in [6, 6.07) is 4.86. The van der Waals surface area contributed by atoms with Gasteiger partial charge in [-0.15, -0.1) is 0 Å². The lowest BCUT2D eigenvalue weighted by Gasteiger charge is -2.14. The van der Waals surface area contributed by atoms with E-state index in [1.807, 2.05) is 0 Å². The molecule has 0 aliphatic heterocycles. The van der Waals surface area contributed by atoms with E-state index in [1.54, 1.807) is 18.2 Å². The van der Waals surface area contributed by atoms with Crippen LogP contribution in [-0.4, -0.2) is 23.2 Å². The Hall–Kier alpha value is -1.86. The fourth-order valence-electron chi connectivity index (χ4n) is 1.85. The molecule has 18 heavy (non-hydrogen) atoms. The van der Waals surface area contributed by atoms with Crippen LogP contribution in [0.4, 0.5) is 17.1 Å². The van der Waals surface area contributed by atoms with E-state index in [9.17, 15) is 15.2 Å². The summed E-state index contributed by atoms with van der Waals surface area (Å²) < 4.78 is 0. The first-order chi connectivity index (χ1) is 8.62. The number of aliphatic hydroxyl groups is 1. The molecule has 0 spiro atoms. The molecule has 1 fully saturated rings. The molecule has 1 saturated carbocycles. The SMILES string of the molecule is NNc1cccc(NCC2(CO)CC2)c1[N+](=O)[O-]. The number of nitrogen functional groups attached to an aromatic ring is 1. The molecule has 0 saturated heterocycles. The molecule has 1 aromatic carbocycles. The predicted octanol–water partition coefficient (Wildman–Crippen LogP) is 1.06. The van der Waals surface area contributed by atoms with Crippen molar-refractivity contribution in [3.8, 4) is 0 Å². The number of nitrogens with zero attached hydrogens (tertiary/aromatic N) is 1. The van der Waals surface area contributed by atoms with E-state index >= 15 is 0 Å². The summed E-state index contributed by atoms with van der Waals surface area (Å²) in [5.41, 5.74) is 2.80. The molecule has 1 aromatic rings. The lowest BCUT2D eigenvalue weighted by atomic mass is 10.1. The number of aliphatic hydroxyl groups excluding tert-OH is 1. The normalized spacial score (nSPS) is 16.1. The Morgan fingerprint density at radius 1 is 1.44 bits per heavy atom. The first-order valence-corrected chi connectivity index (χ1v) is 5.71. The van der Waals surface area contributed by atoms with Crippen LogP contribution in [0.3, 0.4) is 0 Å².